The van der Waals surface area contributed by atoms with Gasteiger partial charge in [-0.3, -0.25) is 4.79 Å². The molecule has 0 unspecified atom stereocenters. The summed E-state index contributed by atoms with van der Waals surface area (Å²) in [5.41, 5.74) is 0.379. The van der Waals surface area contributed by atoms with Crippen LogP contribution in [0.3, 0.4) is 0 Å². The van der Waals surface area contributed by atoms with Crippen LogP contribution in [0.2, 0.25) is 0 Å². The lowest BCUT2D eigenvalue weighted by Crippen LogP contribution is -2.08. The van der Waals surface area contributed by atoms with Gasteiger partial charge in [0, 0.05) is 23.1 Å². The van der Waals surface area contributed by atoms with E-state index in [2.05, 4.69) is 11.4 Å². The normalized spacial score (nSPS) is 11.3. The van der Waals surface area contributed by atoms with Crippen LogP contribution in [0.15, 0.2) is 59.5 Å². The molecular weight excluding hydrogens is 361 g/mol. The Hall–Kier alpha value is -2.72. The summed E-state index contributed by atoms with van der Waals surface area (Å²) in [6, 6.07) is 13.8. The summed E-state index contributed by atoms with van der Waals surface area (Å²) in [7, 11) is 0. The predicted octanol–water partition coefficient (Wildman–Crippen LogP) is 5.36. The van der Waals surface area contributed by atoms with Gasteiger partial charge < -0.3 is 5.32 Å². The zero-order valence-corrected chi connectivity index (χ0v) is 14.4. The highest BCUT2D eigenvalue weighted by molar-refractivity contribution is 7.99. The zero-order chi connectivity index (χ0) is 19.0. The van der Waals surface area contributed by atoms with Crippen molar-refractivity contribution in [1.82, 2.24) is 0 Å². The number of carbonyl (C=O) groups excluding carboxylic acids is 1. The third-order valence-corrected chi connectivity index (χ3v) is 4.36. The molecule has 0 aromatic heterocycles. The number of hydrogen-bond acceptors (Lipinski definition) is 3. The first-order chi connectivity index (χ1) is 12.4. The largest absolute Gasteiger partial charge is 0.416 e. The van der Waals surface area contributed by atoms with Gasteiger partial charge in [-0.25, -0.2) is 0 Å². The van der Waals surface area contributed by atoms with Crippen LogP contribution >= 0.6 is 11.8 Å². The van der Waals surface area contributed by atoms with Crippen molar-refractivity contribution in [1.29, 1.82) is 5.26 Å². The molecule has 0 fully saturated rings. The second-order valence-corrected chi connectivity index (χ2v) is 6.33. The minimum atomic E-state index is -4.38. The topological polar surface area (TPSA) is 52.9 Å². The van der Waals surface area contributed by atoms with Gasteiger partial charge in [0.05, 0.1) is 17.3 Å². The Morgan fingerprint density at radius 2 is 1.85 bits per heavy atom. The van der Waals surface area contributed by atoms with E-state index in [4.69, 9.17) is 5.26 Å². The second-order valence-electron chi connectivity index (χ2n) is 5.20. The number of amides is 1. The van der Waals surface area contributed by atoms with Crippen LogP contribution in [-0.2, 0) is 11.0 Å². The molecule has 0 aliphatic heterocycles. The summed E-state index contributed by atoms with van der Waals surface area (Å²) in [6.07, 6.45) is -1.27. The molecule has 2 aromatic carbocycles. The first-order valence-electron chi connectivity index (χ1n) is 7.65. The maximum atomic E-state index is 12.5. The summed E-state index contributed by atoms with van der Waals surface area (Å²) in [4.78, 5) is 12.9. The van der Waals surface area contributed by atoms with Gasteiger partial charge in [0.2, 0.25) is 5.91 Å². The first-order valence-corrected chi connectivity index (χ1v) is 8.64. The molecule has 26 heavy (non-hydrogen) atoms. The number of rotatable bonds is 6. The highest BCUT2D eigenvalue weighted by atomic mass is 32.2. The van der Waals surface area contributed by atoms with E-state index in [1.807, 2.05) is 12.1 Å². The molecule has 7 heteroatoms. The minimum Gasteiger partial charge on any atom is -0.321 e. The number of nitriles is 1. The number of halogens is 3. The molecule has 1 amide bonds. The van der Waals surface area contributed by atoms with Gasteiger partial charge in [-0.15, -0.1) is 11.8 Å². The monoisotopic (exact) mass is 376 g/mol. The summed E-state index contributed by atoms with van der Waals surface area (Å²) < 4.78 is 37.6. The Kier molecular flexibility index (Phi) is 6.87. The van der Waals surface area contributed by atoms with E-state index in [9.17, 15) is 18.0 Å². The summed E-state index contributed by atoms with van der Waals surface area (Å²) >= 11 is 1.46. The van der Waals surface area contributed by atoms with E-state index in [0.29, 0.717) is 23.4 Å². The second kappa shape index (κ2) is 9.11. The number of benzene rings is 2. The number of para-hydroxylation sites is 1. The molecule has 2 aromatic rings. The molecule has 0 aliphatic rings. The predicted molar refractivity (Wildman–Crippen MR) is 96.5 cm³/mol. The van der Waals surface area contributed by atoms with Gasteiger partial charge in [-0.05, 0) is 35.9 Å². The van der Waals surface area contributed by atoms with Crippen molar-refractivity contribution in [3.63, 3.8) is 0 Å². The lowest BCUT2D eigenvalue weighted by atomic mass is 10.1. The van der Waals surface area contributed by atoms with Crippen LogP contribution < -0.4 is 5.32 Å². The number of nitrogens with zero attached hydrogens (tertiary/aromatic N) is 1. The molecule has 2 rings (SSSR count). The zero-order valence-electron chi connectivity index (χ0n) is 13.6. The molecule has 134 valence electrons. The molecular formula is C19H15F3N2OS. The van der Waals surface area contributed by atoms with Crippen molar-refractivity contribution in [2.75, 3.05) is 11.1 Å². The van der Waals surface area contributed by atoms with Gasteiger partial charge in [0.25, 0.3) is 0 Å². The molecule has 0 saturated carbocycles. The maximum absolute atomic E-state index is 12.5. The number of anilines is 1. The van der Waals surface area contributed by atoms with Gasteiger partial charge in [0.15, 0.2) is 0 Å². The molecule has 0 saturated heterocycles. The quantitative estimate of drug-likeness (QED) is 0.419. The Balaban J connectivity index is 2.00. The fourth-order valence-corrected chi connectivity index (χ4v) is 2.89. The lowest BCUT2D eigenvalue weighted by Gasteiger charge is -2.08. The van der Waals surface area contributed by atoms with E-state index < -0.39 is 17.6 Å². The Morgan fingerprint density at radius 3 is 2.50 bits per heavy atom. The van der Waals surface area contributed by atoms with Gasteiger partial charge >= 0.3 is 6.18 Å². The van der Waals surface area contributed by atoms with Crippen LogP contribution in [0, 0.1) is 11.3 Å². The van der Waals surface area contributed by atoms with E-state index in [0.717, 1.165) is 17.0 Å². The fourth-order valence-electron chi connectivity index (χ4n) is 2.03. The molecule has 0 radical (unpaired) electrons. The van der Waals surface area contributed by atoms with Crippen molar-refractivity contribution in [2.24, 2.45) is 0 Å². The lowest BCUT2D eigenvalue weighted by molar-refractivity contribution is -0.137. The van der Waals surface area contributed by atoms with Gasteiger partial charge in [0.1, 0.15) is 0 Å². The van der Waals surface area contributed by atoms with E-state index >= 15 is 0 Å². The smallest absolute Gasteiger partial charge is 0.321 e. The number of nitrogens with one attached hydrogen (secondary N) is 1. The van der Waals surface area contributed by atoms with E-state index in [1.165, 1.54) is 36.0 Å². The standard InChI is InChI=1S/C19H15F3N2OS/c20-19(21,22)15-9-6-14(7-10-15)8-11-18(25)24-16-4-1-2-5-17(16)26-13-3-12-23/h1-2,4-11H,3,13H2,(H,24,25)/b11-8+. The van der Waals surface area contributed by atoms with Crippen LogP contribution in [0.25, 0.3) is 6.08 Å². The van der Waals surface area contributed by atoms with Crippen LogP contribution in [-0.4, -0.2) is 11.7 Å². The molecule has 0 bridgehead atoms. The molecule has 0 aliphatic carbocycles. The first kappa shape index (κ1) is 19.6. The summed E-state index contributed by atoms with van der Waals surface area (Å²) in [5.74, 6) is 0.225. The van der Waals surface area contributed by atoms with Crippen LogP contribution in [0.5, 0.6) is 0 Å². The number of hydrogen-bond donors (Lipinski definition) is 1. The third kappa shape index (κ3) is 5.97. The SMILES string of the molecule is N#CCCSc1ccccc1NC(=O)/C=C/c1ccc(C(F)(F)F)cc1. The van der Waals surface area contributed by atoms with Crippen molar-refractivity contribution >= 4 is 29.4 Å². The van der Waals surface area contributed by atoms with Crippen LogP contribution in [0.1, 0.15) is 17.5 Å². The summed E-state index contributed by atoms with van der Waals surface area (Å²) in [6.45, 7) is 0. The average molecular weight is 376 g/mol. The number of alkyl halides is 3. The molecule has 0 atom stereocenters. The molecule has 0 spiro atoms. The van der Waals surface area contributed by atoms with Gasteiger partial charge in [-0.1, -0.05) is 24.3 Å². The highest BCUT2D eigenvalue weighted by Gasteiger charge is 2.29. The summed E-state index contributed by atoms with van der Waals surface area (Å²) in [5, 5.41) is 11.3. The van der Waals surface area contributed by atoms with Crippen molar-refractivity contribution < 1.29 is 18.0 Å². The number of carbonyl (C=O) groups is 1. The van der Waals surface area contributed by atoms with Crippen molar-refractivity contribution in [2.45, 2.75) is 17.5 Å². The molecule has 0 heterocycles. The maximum Gasteiger partial charge on any atom is 0.416 e. The van der Waals surface area contributed by atoms with Crippen LogP contribution in [0.4, 0.5) is 18.9 Å². The van der Waals surface area contributed by atoms with Crippen molar-refractivity contribution in [3.05, 3.63) is 65.7 Å². The Morgan fingerprint density at radius 1 is 1.15 bits per heavy atom. The van der Waals surface area contributed by atoms with E-state index in [1.54, 1.807) is 12.1 Å². The number of thioether (sulfide) groups is 1. The minimum absolute atomic E-state index is 0.391. The molecule has 3 nitrogen and oxygen atoms in total. The van der Waals surface area contributed by atoms with E-state index in [-0.39, 0.29) is 0 Å². The highest BCUT2D eigenvalue weighted by Crippen LogP contribution is 2.29. The fraction of sp³-hybridized carbons (Fsp3) is 0.158. The Bertz CT molecular complexity index is 824. The Labute approximate surface area is 153 Å². The third-order valence-electron chi connectivity index (χ3n) is 3.28. The molecule has 1 N–H and O–H groups in total. The van der Waals surface area contributed by atoms with Gasteiger partial charge in [-0.2, -0.15) is 18.4 Å². The van der Waals surface area contributed by atoms with Crippen molar-refractivity contribution in [3.8, 4) is 6.07 Å². The average Bonchev–Trinajstić information content (AvgIpc) is 2.61.